The Hall–Kier alpha value is -2.64. The second-order valence-corrected chi connectivity index (χ2v) is 11.1. The molecule has 0 aliphatic carbocycles. The monoisotopic (exact) mass is 483 g/mol. The van der Waals surface area contributed by atoms with Crippen molar-refractivity contribution in [2.45, 2.75) is 15.5 Å². The van der Waals surface area contributed by atoms with Crippen molar-refractivity contribution >= 4 is 39.0 Å². The number of amides is 1. The fraction of sp³-hybridized carbons (Fsp3) is 0.217. The fourth-order valence-corrected chi connectivity index (χ4v) is 6.92. The van der Waals surface area contributed by atoms with E-state index < -0.39 is 10.0 Å². The molecular formula is C23H21N3O3S3. The third-order valence-electron chi connectivity index (χ3n) is 5.22. The van der Waals surface area contributed by atoms with Crippen molar-refractivity contribution in [2.24, 2.45) is 0 Å². The highest BCUT2D eigenvalue weighted by molar-refractivity contribution is 7.98. The van der Waals surface area contributed by atoms with Crippen molar-refractivity contribution in [1.82, 2.24) is 9.21 Å². The molecule has 0 atom stereocenters. The number of piperazine rings is 1. The zero-order chi connectivity index (χ0) is 22.6. The first-order valence-corrected chi connectivity index (χ1v) is 13.3. The first-order valence-electron chi connectivity index (χ1n) is 10.0. The van der Waals surface area contributed by atoms with E-state index in [1.165, 1.54) is 21.3 Å². The quantitative estimate of drug-likeness (QED) is 0.494. The molecule has 1 aliphatic rings. The van der Waals surface area contributed by atoms with Crippen LogP contribution in [0.5, 0.6) is 0 Å². The van der Waals surface area contributed by atoms with E-state index in [9.17, 15) is 18.5 Å². The maximum atomic E-state index is 13.2. The molecule has 0 saturated carbocycles. The first-order chi connectivity index (χ1) is 15.5. The number of carbonyl (C=O) groups excluding carboxylic acids is 1. The Balaban J connectivity index is 1.45. The van der Waals surface area contributed by atoms with Crippen LogP contribution in [0.1, 0.15) is 20.8 Å². The van der Waals surface area contributed by atoms with Crippen molar-refractivity contribution in [3.63, 3.8) is 0 Å². The van der Waals surface area contributed by atoms with E-state index in [2.05, 4.69) is 6.07 Å². The lowest BCUT2D eigenvalue weighted by molar-refractivity contribution is 0.0694. The van der Waals surface area contributed by atoms with Crippen molar-refractivity contribution in [1.29, 1.82) is 5.26 Å². The standard InChI is InChI=1S/C23H21N3O3S3/c24-16-18-6-1-4-10-22(18)32(28,29)26-13-11-25(12-14-26)23(27)20-8-2-3-9-21(20)31-17-19-7-5-15-30-19/h1-10,15H,11-14,17H2. The Morgan fingerprint density at radius 2 is 1.72 bits per heavy atom. The SMILES string of the molecule is N#Cc1ccccc1S(=O)(=O)N1CCN(C(=O)c2ccccc2SCc2cccs2)CC1. The van der Waals surface area contributed by atoms with Crippen LogP contribution in [0.4, 0.5) is 0 Å². The van der Waals surface area contributed by atoms with Crippen LogP contribution >= 0.6 is 23.1 Å². The molecule has 0 radical (unpaired) electrons. The lowest BCUT2D eigenvalue weighted by Crippen LogP contribution is -2.50. The normalized spacial score (nSPS) is 14.8. The van der Waals surface area contributed by atoms with E-state index in [-0.39, 0.29) is 29.5 Å². The maximum Gasteiger partial charge on any atom is 0.255 e. The average Bonchev–Trinajstić information content (AvgIpc) is 3.36. The van der Waals surface area contributed by atoms with Gasteiger partial charge in [-0.05, 0) is 35.7 Å². The van der Waals surface area contributed by atoms with Crippen LogP contribution in [-0.4, -0.2) is 49.7 Å². The molecule has 3 aromatic rings. The third kappa shape index (κ3) is 4.74. The van der Waals surface area contributed by atoms with E-state index in [4.69, 9.17) is 0 Å². The number of hydrogen-bond donors (Lipinski definition) is 0. The third-order valence-corrected chi connectivity index (χ3v) is 9.36. The molecule has 1 aliphatic heterocycles. The van der Waals surface area contributed by atoms with Gasteiger partial charge in [-0.2, -0.15) is 9.57 Å². The van der Waals surface area contributed by atoms with Gasteiger partial charge in [0.25, 0.3) is 5.91 Å². The summed E-state index contributed by atoms with van der Waals surface area (Å²) in [6.07, 6.45) is 0. The lowest BCUT2D eigenvalue weighted by atomic mass is 10.2. The van der Waals surface area contributed by atoms with E-state index in [1.807, 2.05) is 41.8 Å². The van der Waals surface area contributed by atoms with Crippen molar-refractivity contribution < 1.29 is 13.2 Å². The van der Waals surface area contributed by atoms with E-state index in [0.29, 0.717) is 18.7 Å². The molecule has 0 spiro atoms. The molecule has 32 heavy (non-hydrogen) atoms. The topological polar surface area (TPSA) is 81.5 Å². The van der Waals surface area contributed by atoms with Gasteiger partial charge in [-0.3, -0.25) is 4.79 Å². The summed E-state index contributed by atoms with van der Waals surface area (Å²) in [7, 11) is -3.79. The molecule has 0 unspecified atom stereocenters. The Morgan fingerprint density at radius 1 is 1.00 bits per heavy atom. The van der Waals surface area contributed by atoms with Gasteiger partial charge in [0, 0.05) is 41.7 Å². The van der Waals surface area contributed by atoms with Gasteiger partial charge in [0.05, 0.1) is 16.0 Å². The number of nitriles is 1. The smallest absolute Gasteiger partial charge is 0.255 e. The van der Waals surface area contributed by atoms with Gasteiger partial charge < -0.3 is 4.90 Å². The molecule has 0 N–H and O–H groups in total. The highest BCUT2D eigenvalue weighted by Crippen LogP contribution is 2.29. The van der Waals surface area contributed by atoms with E-state index in [0.717, 1.165) is 10.6 Å². The predicted molar refractivity (Wildman–Crippen MR) is 126 cm³/mol. The van der Waals surface area contributed by atoms with Gasteiger partial charge in [-0.25, -0.2) is 8.42 Å². The molecule has 0 bridgehead atoms. The predicted octanol–water partition coefficient (Wildman–Crippen LogP) is 4.06. The van der Waals surface area contributed by atoms with Crippen molar-refractivity contribution in [3.8, 4) is 6.07 Å². The summed E-state index contributed by atoms with van der Waals surface area (Å²) in [5.74, 6) is 0.709. The second-order valence-electron chi connectivity index (χ2n) is 7.17. The molecule has 2 aromatic carbocycles. The van der Waals surface area contributed by atoms with Crippen LogP contribution < -0.4 is 0 Å². The van der Waals surface area contributed by atoms with Crippen LogP contribution in [0.15, 0.2) is 75.8 Å². The summed E-state index contributed by atoms with van der Waals surface area (Å²) in [4.78, 5) is 17.1. The first kappa shape index (κ1) is 22.6. The average molecular weight is 484 g/mol. The number of rotatable bonds is 6. The number of benzene rings is 2. The lowest BCUT2D eigenvalue weighted by Gasteiger charge is -2.34. The summed E-state index contributed by atoms with van der Waals surface area (Å²) in [5.41, 5.74) is 0.767. The molecule has 1 amide bonds. The molecule has 1 aromatic heterocycles. The molecule has 4 rings (SSSR count). The summed E-state index contributed by atoms with van der Waals surface area (Å²) >= 11 is 3.32. The highest BCUT2D eigenvalue weighted by atomic mass is 32.2. The maximum absolute atomic E-state index is 13.2. The summed E-state index contributed by atoms with van der Waals surface area (Å²) in [6, 6.07) is 19.8. The highest BCUT2D eigenvalue weighted by Gasteiger charge is 2.32. The van der Waals surface area contributed by atoms with Crippen LogP contribution in [0.25, 0.3) is 0 Å². The van der Waals surface area contributed by atoms with Gasteiger partial charge in [-0.15, -0.1) is 23.1 Å². The van der Waals surface area contributed by atoms with Crippen LogP contribution in [0.3, 0.4) is 0 Å². The minimum atomic E-state index is -3.79. The number of thiophene rings is 1. The van der Waals surface area contributed by atoms with Gasteiger partial charge in [-0.1, -0.05) is 30.3 Å². The second kappa shape index (κ2) is 9.88. The fourth-order valence-electron chi connectivity index (χ4n) is 3.54. The van der Waals surface area contributed by atoms with Gasteiger partial charge in [0.2, 0.25) is 10.0 Å². The van der Waals surface area contributed by atoms with Gasteiger partial charge in [0.1, 0.15) is 6.07 Å². The minimum Gasteiger partial charge on any atom is -0.336 e. The minimum absolute atomic E-state index is 0.0117. The summed E-state index contributed by atoms with van der Waals surface area (Å²) in [5, 5.41) is 11.3. The Kier molecular flexibility index (Phi) is 6.96. The van der Waals surface area contributed by atoms with Gasteiger partial charge >= 0.3 is 0 Å². The summed E-state index contributed by atoms with van der Waals surface area (Å²) < 4.78 is 27.4. The van der Waals surface area contributed by atoms with Crippen LogP contribution in [0, 0.1) is 11.3 Å². The van der Waals surface area contributed by atoms with Crippen LogP contribution in [-0.2, 0) is 15.8 Å². The number of thioether (sulfide) groups is 1. The van der Waals surface area contributed by atoms with Crippen molar-refractivity contribution in [3.05, 3.63) is 82.0 Å². The largest absolute Gasteiger partial charge is 0.336 e. The molecular weight excluding hydrogens is 462 g/mol. The van der Waals surface area contributed by atoms with Crippen LogP contribution in [0.2, 0.25) is 0 Å². The Morgan fingerprint density at radius 3 is 2.44 bits per heavy atom. The van der Waals surface area contributed by atoms with Gasteiger partial charge in [0.15, 0.2) is 0 Å². The summed E-state index contributed by atoms with van der Waals surface area (Å²) in [6.45, 7) is 0.990. The van der Waals surface area contributed by atoms with E-state index in [1.54, 1.807) is 40.1 Å². The molecule has 164 valence electrons. The Labute approximate surface area is 196 Å². The number of sulfonamides is 1. The molecule has 6 nitrogen and oxygen atoms in total. The molecule has 1 saturated heterocycles. The zero-order valence-electron chi connectivity index (χ0n) is 17.2. The number of nitrogens with zero attached hydrogens (tertiary/aromatic N) is 3. The molecule has 1 fully saturated rings. The Bertz CT molecular complexity index is 1240. The number of hydrogen-bond acceptors (Lipinski definition) is 6. The van der Waals surface area contributed by atoms with Crippen molar-refractivity contribution in [2.75, 3.05) is 26.2 Å². The molecule has 2 heterocycles. The zero-order valence-corrected chi connectivity index (χ0v) is 19.6. The number of carbonyl (C=O) groups is 1. The molecule has 9 heteroatoms. The van der Waals surface area contributed by atoms with E-state index >= 15 is 0 Å².